The predicted octanol–water partition coefficient (Wildman–Crippen LogP) is 3.38. The zero-order valence-electron chi connectivity index (χ0n) is 11.2. The molecule has 0 amide bonds. The summed E-state index contributed by atoms with van der Waals surface area (Å²) in [5.74, 6) is 0.478. The number of morpholine rings is 1. The Morgan fingerprint density at radius 2 is 1.95 bits per heavy atom. The first-order chi connectivity index (χ1) is 9.85. The third-order valence-electron chi connectivity index (χ3n) is 3.40. The van der Waals surface area contributed by atoms with E-state index in [4.69, 9.17) is 16.3 Å². The van der Waals surface area contributed by atoms with Crippen molar-refractivity contribution >= 4 is 22.9 Å². The average molecular weight is 309 g/mol. The maximum atomic E-state index is 5.79. The summed E-state index contributed by atoms with van der Waals surface area (Å²) in [6, 6.07) is 8.67. The van der Waals surface area contributed by atoms with Crippen molar-refractivity contribution in [2.75, 3.05) is 26.3 Å². The van der Waals surface area contributed by atoms with Crippen molar-refractivity contribution in [2.24, 2.45) is 0 Å². The first-order valence-corrected chi connectivity index (χ1v) is 8.16. The van der Waals surface area contributed by atoms with E-state index in [-0.39, 0.29) is 0 Å². The molecule has 1 aliphatic rings. The number of thiazole rings is 1. The van der Waals surface area contributed by atoms with Crippen molar-refractivity contribution in [3.63, 3.8) is 0 Å². The normalized spacial score (nSPS) is 16.4. The van der Waals surface area contributed by atoms with E-state index >= 15 is 0 Å². The van der Waals surface area contributed by atoms with Crippen LogP contribution in [-0.2, 0) is 17.2 Å². The van der Waals surface area contributed by atoms with E-state index in [1.807, 2.05) is 5.38 Å². The number of ether oxygens (including phenoxy) is 1. The van der Waals surface area contributed by atoms with Crippen molar-refractivity contribution in [2.45, 2.75) is 12.4 Å². The summed E-state index contributed by atoms with van der Waals surface area (Å²) in [6.45, 7) is 4.73. The number of aromatic nitrogens is 1. The molecular formula is C15H17ClN2OS. The van der Waals surface area contributed by atoms with E-state index in [1.54, 1.807) is 11.3 Å². The van der Waals surface area contributed by atoms with Crippen LogP contribution in [0.3, 0.4) is 0 Å². The molecule has 0 atom stereocenters. The van der Waals surface area contributed by atoms with Gasteiger partial charge >= 0.3 is 0 Å². The fourth-order valence-electron chi connectivity index (χ4n) is 2.27. The molecular weight excluding hydrogens is 292 g/mol. The van der Waals surface area contributed by atoms with Crippen LogP contribution in [0.25, 0.3) is 10.6 Å². The number of alkyl halides is 1. The van der Waals surface area contributed by atoms with E-state index in [0.29, 0.717) is 5.88 Å². The first kappa shape index (κ1) is 14.0. The Balaban J connectivity index is 1.67. The van der Waals surface area contributed by atoms with Crippen LogP contribution in [0, 0.1) is 0 Å². The van der Waals surface area contributed by atoms with E-state index in [0.717, 1.165) is 49.1 Å². The molecule has 3 nitrogen and oxygen atoms in total. The van der Waals surface area contributed by atoms with Gasteiger partial charge in [-0.2, -0.15) is 0 Å². The van der Waals surface area contributed by atoms with Gasteiger partial charge in [0.2, 0.25) is 0 Å². The van der Waals surface area contributed by atoms with Gasteiger partial charge in [-0.15, -0.1) is 22.9 Å². The smallest absolute Gasteiger partial charge is 0.123 e. The largest absolute Gasteiger partial charge is 0.379 e. The minimum absolute atomic E-state index is 0.478. The molecule has 1 aromatic heterocycles. The molecule has 1 fully saturated rings. The van der Waals surface area contributed by atoms with Crippen molar-refractivity contribution < 1.29 is 4.74 Å². The molecule has 0 unspecified atom stereocenters. The van der Waals surface area contributed by atoms with Crippen LogP contribution >= 0.6 is 22.9 Å². The molecule has 0 radical (unpaired) electrons. The molecule has 2 aromatic rings. The van der Waals surface area contributed by atoms with Crippen LogP contribution in [-0.4, -0.2) is 36.2 Å². The summed E-state index contributed by atoms with van der Waals surface area (Å²) < 4.78 is 5.37. The Morgan fingerprint density at radius 3 is 2.60 bits per heavy atom. The fourth-order valence-corrected chi connectivity index (χ4v) is 3.33. The molecule has 0 N–H and O–H groups in total. The van der Waals surface area contributed by atoms with Gasteiger partial charge in [-0.05, 0) is 5.56 Å². The van der Waals surface area contributed by atoms with Crippen molar-refractivity contribution in [1.82, 2.24) is 9.88 Å². The molecule has 3 rings (SSSR count). The van der Waals surface area contributed by atoms with Crippen LogP contribution in [0.4, 0.5) is 0 Å². The number of benzene rings is 1. The molecule has 0 aliphatic carbocycles. The molecule has 2 heterocycles. The number of hydrogen-bond donors (Lipinski definition) is 0. The second-order valence-electron chi connectivity index (χ2n) is 4.86. The minimum Gasteiger partial charge on any atom is -0.379 e. The summed E-state index contributed by atoms with van der Waals surface area (Å²) >= 11 is 7.44. The maximum Gasteiger partial charge on any atom is 0.123 e. The Kier molecular flexibility index (Phi) is 4.68. The highest BCUT2D eigenvalue weighted by molar-refractivity contribution is 7.13. The standard InChI is InChI=1S/C15H17ClN2OS/c16-9-14-11-20-15(17-14)13-3-1-12(2-4-13)10-18-5-7-19-8-6-18/h1-4,11H,5-10H2. The molecule has 0 saturated carbocycles. The SMILES string of the molecule is ClCc1csc(-c2ccc(CN3CCOCC3)cc2)n1. The van der Waals surface area contributed by atoms with Crippen LogP contribution in [0.2, 0.25) is 0 Å². The molecule has 5 heteroatoms. The highest BCUT2D eigenvalue weighted by atomic mass is 35.5. The second-order valence-corrected chi connectivity index (χ2v) is 5.99. The van der Waals surface area contributed by atoms with Gasteiger partial charge in [0.25, 0.3) is 0 Å². The van der Waals surface area contributed by atoms with Gasteiger partial charge in [-0.25, -0.2) is 4.98 Å². The topological polar surface area (TPSA) is 25.4 Å². The van der Waals surface area contributed by atoms with E-state index in [1.165, 1.54) is 5.56 Å². The van der Waals surface area contributed by atoms with Gasteiger partial charge in [0, 0.05) is 30.6 Å². The molecule has 1 saturated heterocycles. The van der Waals surface area contributed by atoms with Gasteiger partial charge in [0.15, 0.2) is 0 Å². The number of hydrogen-bond acceptors (Lipinski definition) is 4. The fraction of sp³-hybridized carbons (Fsp3) is 0.400. The van der Waals surface area contributed by atoms with Crippen molar-refractivity contribution in [3.8, 4) is 10.6 Å². The van der Waals surface area contributed by atoms with E-state index in [2.05, 4.69) is 34.1 Å². The average Bonchev–Trinajstić information content (AvgIpc) is 2.98. The number of rotatable bonds is 4. The zero-order valence-corrected chi connectivity index (χ0v) is 12.8. The van der Waals surface area contributed by atoms with Crippen LogP contribution in [0.15, 0.2) is 29.6 Å². The Labute approximate surface area is 128 Å². The lowest BCUT2D eigenvalue weighted by molar-refractivity contribution is 0.0342. The monoisotopic (exact) mass is 308 g/mol. The quantitative estimate of drug-likeness (QED) is 0.810. The minimum atomic E-state index is 0.478. The van der Waals surface area contributed by atoms with Crippen molar-refractivity contribution in [3.05, 3.63) is 40.9 Å². The van der Waals surface area contributed by atoms with Gasteiger partial charge in [0.05, 0.1) is 24.8 Å². The lowest BCUT2D eigenvalue weighted by Gasteiger charge is -2.26. The van der Waals surface area contributed by atoms with E-state index in [9.17, 15) is 0 Å². The lowest BCUT2D eigenvalue weighted by Crippen LogP contribution is -2.35. The second kappa shape index (κ2) is 6.68. The molecule has 20 heavy (non-hydrogen) atoms. The van der Waals surface area contributed by atoms with Gasteiger partial charge in [0.1, 0.15) is 5.01 Å². The Hall–Kier alpha value is -0.940. The Morgan fingerprint density at radius 1 is 1.20 bits per heavy atom. The highest BCUT2D eigenvalue weighted by Gasteiger charge is 2.11. The van der Waals surface area contributed by atoms with Crippen LogP contribution < -0.4 is 0 Å². The zero-order chi connectivity index (χ0) is 13.8. The summed E-state index contributed by atoms with van der Waals surface area (Å²) in [5, 5.41) is 3.06. The third-order valence-corrected chi connectivity index (χ3v) is 4.61. The number of halogens is 1. The highest BCUT2D eigenvalue weighted by Crippen LogP contribution is 2.25. The summed E-state index contributed by atoms with van der Waals surface area (Å²) in [4.78, 5) is 6.93. The van der Waals surface area contributed by atoms with Gasteiger partial charge in [-0.3, -0.25) is 4.90 Å². The summed E-state index contributed by atoms with van der Waals surface area (Å²) in [7, 11) is 0. The third kappa shape index (κ3) is 3.38. The predicted molar refractivity (Wildman–Crippen MR) is 83.2 cm³/mol. The van der Waals surface area contributed by atoms with Gasteiger partial charge in [-0.1, -0.05) is 24.3 Å². The van der Waals surface area contributed by atoms with Crippen LogP contribution in [0.5, 0.6) is 0 Å². The van der Waals surface area contributed by atoms with Gasteiger partial charge < -0.3 is 4.74 Å². The maximum absolute atomic E-state index is 5.79. The van der Waals surface area contributed by atoms with Crippen molar-refractivity contribution in [1.29, 1.82) is 0 Å². The van der Waals surface area contributed by atoms with Crippen LogP contribution in [0.1, 0.15) is 11.3 Å². The summed E-state index contributed by atoms with van der Waals surface area (Å²) in [6.07, 6.45) is 0. The molecule has 106 valence electrons. The lowest BCUT2D eigenvalue weighted by atomic mass is 10.1. The molecule has 1 aromatic carbocycles. The molecule has 0 spiro atoms. The van der Waals surface area contributed by atoms with E-state index < -0.39 is 0 Å². The molecule has 1 aliphatic heterocycles. The summed E-state index contributed by atoms with van der Waals surface area (Å²) in [5.41, 5.74) is 3.45. The first-order valence-electron chi connectivity index (χ1n) is 6.75. The number of nitrogens with zero attached hydrogens (tertiary/aromatic N) is 2. The Bertz CT molecular complexity index is 549. The molecule has 0 bridgehead atoms.